The second kappa shape index (κ2) is 16.8. The number of hydrogen-bond acceptors (Lipinski definition) is 15. The molecular weight excluding hydrogens is 1000 g/mol. The standard InChI is InChI=1S/C58H90O15S2/c1-31(36-13-15-38-35-26-44(72-75(65,66)67)48-50(5,6)58(61)45(59)28-56(48,30-69-58)41(35)19-20-52(36,38)9)12-17-46-54(11)27-33(51(7,8)73-54)24-42(70-46)32(2)37-14-16-39-34-25-43(71-74(62,63)64)47-49(3,4)57(60)23-22-55(47,29-68-57)40(34)18-21-53(37,39)10/h31-33,36-39,42-48,59-61H,12-30H2,1-11H3,(H,62,63,64)(H,65,66,67)/p-2/t31-,32+,33-,36-,37-,38+,39+,42-,43+,44+,45+,46+,47+,48+,52-,53-,54-,55+,56+,57+,58+/m1/s1. The van der Waals surface area contributed by atoms with Crippen LogP contribution in [0.25, 0.3) is 0 Å². The van der Waals surface area contributed by atoms with Gasteiger partial charge in [-0.25, -0.2) is 16.8 Å². The number of fused-ring (bicyclic) bond motifs is 10. The summed E-state index contributed by atoms with van der Waals surface area (Å²) in [5.74, 6) is -2.20. The second-order valence-corrected chi connectivity index (χ2v) is 31.7. The third-order valence-electron chi connectivity index (χ3n) is 25.7. The highest BCUT2D eigenvalue weighted by Crippen LogP contribution is 2.74. The molecule has 14 rings (SSSR count). The number of aliphatic hydroxyl groups excluding tert-OH is 1. The molecule has 3 N–H and O–H groups in total. The van der Waals surface area contributed by atoms with Crippen molar-refractivity contribution in [1.82, 2.24) is 0 Å². The molecule has 0 unspecified atom stereocenters. The van der Waals surface area contributed by atoms with Crippen molar-refractivity contribution in [3.05, 3.63) is 22.3 Å². The molecule has 75 heavy (non-hydrogen) atoms. The highest BCUT2D eigenvalue weighted by atomic mass is 32.3. The molecule has 17 heteroatoms. The smallest absolute Gasteiger partial charge is 0.217 e. The van der Waals surface area contributed by atoms with Gasteiger partial charge in [0.15, 0.2) is 11.6 Å². The summed E-state index contributed by atoms with van der Waals surface area (Å²) < 4.78 is 113. The molecule has 6 aliphatic heterocycles. The first-order chi connectivity index (χ1) is 34.6. The Kier molecular flexibility index (Phi) is 12.2. The van der Waals surface area contributed by atoms with E-state index in [4.69, 9.17) is 27.3 Å². The molecule has 2 spiro atoms. The number of aliphatic hydroxyl groups is 3. The average Bonchev–Trinajstić information content (AvgIpc) is 3.98. The molecule has 6 heterocycles. The lowest BCUT2D eigenvalue weighted by molar-refractivity contribution is -0.408. The Morgan fingerprint density at radius 2 is 1.24 bits per heavy atom. The van der Waals surface area contributed by atoms with Crippen LogP contribution in [0, 0.1) is 85.8 Å². The minimum absolute atomic E-state index is 0.0126. The monoisotopic (exact) mass is 1090 g/mol. The van der Waals surface area contributed by atoms with Gasteiger partial charge in [-0.05, 0) is 176 Å². The van der Waals surface area contributed by atoms with Crippen molar-refractivity contribution in [3.63, 3.8) is 0 Å². The van der Waals surface area contributed by atoms with Crippen LogP contribution in [0.15, 0.2) is 22.3 Å². The highest BCUT2D eigenvalue weighted by Gasteiger charge is 2.75. The molecule has 0 radical (unpaired) electrons. The summed E-state index contributed by atoms with van der Waals surface area (Å²) in [5.41, 5.74) is 0.936. The summed E-state index contributed by atoms with van der Waals surface area (Å²) in [5, 5.41) is 35.0. The molecule has 8 aliphatic carbocycles. The lowest BCUT2D eigenvalue weighted by Gasteiger charge is -2.70. The normalized spacial score (nSPS) is 51.8. The van der Waals surface area contributed by atoms with Crippen molar-refractivity contribution in [3.8, 4) is 0 Å². The molecule has 14 aliphatic rings. The largest absolute Gasteiger partial charge is 0.726 e. The van der Waals surface area contributed by atoms with E-state index < -0.39 is 83.9 Å². The molecular formula is C58H88O15S2-2. The fourth-order valence-corrected chi connectivity index (χ4v) is 23.4. The summed E-state index contributed by atoms with van der Waals surface area (Å²) >= 11 is 0. The van der Waals surface area contributed by atoms with Crippen LogP contribution in [0.1, 0.15) is 185 Å². The Hall–Kier alpha value is -1.06. The molecule has 424 valence electrons. The van der Waals surface area contributed by atoms with Crippen molar-refractivity contribution in [2.75, 3.05) is 13.2 Å². The van der Waals surface area contributed by atoms with Gasteiger partial charge in [0, 0.05) is 39.9 Å². The van der Waals surface area contributed by atoms with Crippen molar-refractivity contribution in [2.45, 2.75) is 239 Å². The van der Waals surface area contributed by atoms with Gasteiger partial charge in [0.25, 0.3) is 0 Å². The van der Waals surface area contributed by atoms with Gasteiger partial charge in [-0.1, -0.05) is 77.7 Å². The van der Waals surface area contributed by atoms with E-state index in [-0.39, 0.29) is 65.3 Å². The average molecular weight is 1090 g/mol. The molecule has 0 amide bonds. The fraction of sp³-hybridized carbons (Fsp3) is 0.931. The lowest BCUT2D eigenvalue weighted by atomic mass is 9.42. The van der Waals surface area contributed by atoms with Crippen LogP contribution in [-0.4, -0.2) is 108 Å². The Morgan fingerprint density at radius 1 is 0.693 bits per heavy atom. The zero-order valence-corrected chi connectivity index (χ0v) is 48.2. The molecule has 21 atom stereocenters. The Bertz CT molecular complexity index is 2650. The van der Waals surface area contributed by atoms with Crippen LogP contribution in [0.5, 0.6) is 0 Å². The first-order valence-electron chi connectivity index (χ1n) is 29.1. The first-order valence-corrected chi connectivity index (χ1v) is 31.8. The maximum atomic E-state index is 12.5. The van der Waals surface area contributed by atoms with E-state index >= 15 is 0 Å². The molecule has 0 aromatic rings. The lowest BCUT2D eigenvalue weighted by Crippen LogP contribution is -2.76. The fourth-order valence-electron chi connectivity index (χ4n) is 22.4. The van der Waals surface area contributed by atoms with Gasteiger partial charge in [0.05, 0.1) is 48.8 Å². The van der Waals surface area contributed by atoms with E-state index in [1.165, 1.54) is 22.3 Å². The van der Waals surface area contributed by atoms with Crippen LogP contribution in [-0.2, 0) is 48.1 Å². The minimum atomic E-state index is -5.08. The van der Waals surface area contributed by atoms with E-state index in [0.29, 0.717) is 56.0 Å². The van der Waals surface area contributed by atoms with Crippen LogP contribution in [0.3, 0.4) is 0 Å². The van der Waals surface area contributed by atoms with Gasteiger partial charge < -0.3 is 43.4 Å². The number of rotatable bonds is 10. The van der Waals surface area contributed by atoms with Crippen molar-refractivity contribution in [1.29, 1.82) is 0 Å². The quantitative estimate of drug-likeness (QED) is 0.105. The van der Waals surface area contributed by atoms with Gasteiger partial charge >= 0.3 is 0 Å². The Labute approximate surface area is 447 Å². The van der Waals surface area contributed by atoms with Crippen molar-refractivity contribution >= 4 is 20.8 Å². The van der Waals surface area contributed by atoms with Crippen molar-refractivity contribution in [2.24, 2.45) is 85.8 Å². The minimum Gasteiger partial charge on any atom is -0.726 e. The SMILES string of the molecule is C[C@@H]([C@H]1CC[C@H]2C3=C(CC[C@]12C)[C@]12CC[C@](O)(OC1)C(C)(C)[C@@H]2[C@@H](OS(=O)(=O)[O-])C3)[C@H]1C[C@@H]2C[C@@](C)(OC2(C)C)[C@H](CC[C@@H](C)[C@H]2CC[C@H]3C4=C(CC[C@]23C)[C@@]23CO[C@@](O)([C@@H](O)C2)C(C)(C)[C@@H]3[C@@H](OS(=O)(=O)[O-])C4)O1. The van der Waals surface area contributed by atoms with Gasteiger partial charge in [-0.3, -0.25) is 8.37 Å². The van der Waals surface area contributed by atoms with Gasteiger partial charge in [-0.15, -0.1) is 0 Å². The summed E-state index contributed by atoms with van der Waals surface area (Å²) in [7, 11) is -10.1. The van der Waals surface area contributed by atoms with Crippen LogP contribution in [0.4, 0.5) is 0 Å². The van der Waals surface area contributed by atoms with E-state index in [9.17, 15) is 41.3 Å². The van der Waals surface area contributed by atoms with E-state index in [0.717, 1.165) is 77.0 Å². The van der Waals surface area contributed by atoms with Crippen LogP contribution in [0.2, 0.25) is 0 Å². The predicted octanol–water partition coefficient (Wildman–Crippen LogP) is 8.77. The molecule has 6 saturated heterocycles. The topological polar surface area (TPSA) is 230 Å². The van der Waals surface area contributed by atoms with Gasteiger partial charge in [-0.2, -0.15) is 0 Å². The zero-order chi connectivity index (χ0) is 54.1. The van der Waals surface area contributed by atoms with E-state index in [1.54, 1.807) is 13.8 Å². The van der Waals surface area contributed by atoms with Crippen LogP contribution >= 0.6 is 0 Å². The molecule has 6 bridgehead atoms. The third kappa shape index (κ3) is 7.52. The summed E-state index contributed by atoms with van der Waals surface area (Å²) in [6, 6.07) is 0. The molecule has 10 fully saturated rings. The van der Waals surface area contributed by atoms with Crippen molar-refractivity contribution < 1.29 is 68.6 Å². The summed E-state index contributed by atoms with van der Waals surface area (Å²) in [4.78, 5) is 0. The molecule has 0 aromatic heterocycles. The van der Waals surface area contributed by atoms with Gasteiger partial charge in [0.2, 0.25) is 20.8 Å². The molecule has 15 nitrogen and oxygen atoms in total. The zero-order valence-electron chi connectivity index (χ0n) is 46.6. The maximum absolute atomic E-state index is 12.5. The molecule has 0 aromatic carbocycles. The second-order valence-electron chi connectivity index (χ2n) is 29.7. The van der Waals surface area contributed by atoms with Gasteiger partial charge in [0.1, 0.15) is 6.10 Å². The van der Waals surface area contributed by atoms with Crippen LogP contribution < -0.4 is 0 Å². The molecule has 4 saturated carbocycles. The Balaban J connectivity index is 0.788. The summed E-state index contributed by atoms with van der Waals surface area (Å²) in [6.45, 7) is 24.4. The Morgan fingerprint density at radius 3 is 1.80 bits per heavy atom. The summed E-state index contributed by atoms with van der Waals surface area (Å²) in [6.07, 6.45) is 10.2. The maximum Gasteiger partial charge on any atom is 0.217 e. The predicted molar refractivity (Wildman–Crippen MR) is 273 cm³/mol. The third-order valence-corrected chi connectivity index (χ3v) is 26.7. The highest BCUT2D eigenvalue weighted by molar-refractivity contribution is 7.81. The number of ether oxygens (including phenoxy) is 4. The first kappa shape index (κ1) is 54.5. The van der Waals surface area contributed by atoms with E-state index in [1.807, 2.05) is 13.8 Å². The van der Waals surface area contributed by atoms with E-state index in [2.05, 4.69) is 48.5 Å². The number of hydrogen-bond donors (Lipinski definition) is 3.